The second-order valence-electron chi connectivity index (χ2n) is 4.10. The van der Waals surface area contributed by atoms with Gasteiger partial charge < -0.3 is 11.1 Å². The smallest absolute Gasteiger partial charge is 0.237 e. The van der Waals surface area contributed by atoms with Crippen molar-refractivity contribution in [3.05, 3.63) is 0 Å². The van der Waals surface area contributed by atoms with Crippen molar-refractivity contribution in [2.24, 2.45) is 11.7 Å². The fourth-order valence-electron chi connectivity index (χ4n) is 1.26. The molecule has 0 radical (unpaired) electrons. The molecule has 3 N–H and O–H groups in total. The first-order valence-corrected chi connectivity index (χ1v) is 6.41. The van der Waals surface area contributed by atoms with Gasteiger partial charge in [0.05, 0.1) is 6.04 Å². The summed E-state index contributed by atoms with van der Waals surface area (Å²) < 4.78 is 0. The second kappa shape index (κ2) is 7.12. The van der Waals surface area contributed by atoms with Crippen LogP contribution in [0.4, 0.5) is 0 Å². The molecule has 0 aromatic heterocycles. The molecule has 0 aromatic carbocycles. The van der Waals surface area contributed by atoms with E-state index in [1.165, 1.54) is 0 Å². The number of amides is 1. The highest BCUT2D eigenvalue weighted by Crippen LogP contribution is 2.03. The largest absolute Gasteiger partial charge is 0.351 e. The summed E-state index contributed by atoms with van der Waals surface area (Å²) in [6.07, 6.45) is 2.77. The lowest BCUT2D eigenvalue weighted by Gasteiger charge is -2.17. The van der Waals surface area contributed by atoms with E-state index in [1.807, 2.05) is 13.2 Å². The van der Waals surface area contributed by atoms with E-state index < -0.39 is 0 Å². The van der Waals surface area contributed by atoms with Crippen molar-refractivity contribution in [3.63, 3.8) is 0 Å². The zero-order valence-electron chi connectivity index (χ0n) is 9.54. The fourth-order valence-corrected chi connectivity index (χ4v) is 1.84. The van der Waals surface area contributed by atoms with E-state index in [9.17, 15) is 4.79 Å². The number of nitrogens with one attached hydrogen (secondary N) is 1. The molecule has 1 amide bonds. The minimum Gasteiger partial charge on any atom is -0.351 e. The molecular formula is C10H22N2OS. The van der Waals surface area contributed by atoms with Crippen molar-refractivity contribution in [3.8, 4) is 0 Å². The first-order valence-electron chi connectivity index (χ1n) is 5.02. The quantitative estimate of drug-likeness (QED) is 0.705. The van der Waals surface area contributed by atoms with Crippen LogP contribution in [0.3, 0.4) is 0 Å². The Balaban J connectivity index is 3.82. The van der Waals surface area contributed by atoms with Crippen LogP contribution in [0.15, 0.2) is 0 Å². The Bertz CT molecular complexity index is 174. The Labute approximate surface area is 91.2 Å². The third-order valence-corrected chi connectivity index (χ3v) is 2.70. The molecule has 2 atom stereocenters. The maximum atomic E-state index is 11.5. The van der Waals surface area contributed by atoms with Gasteiger partial charge in [0, 0.05) is 11.8 Å². The minimum atomic E-state index is -0.362. The van der Waals surface area contributed by atoms with Crippen LogP contribution in [0.25, 0.3) is 0 Å². The van der Waals surface area contributed by atoms with Crippen LogP contribution in [0.2, 0.25) is 0 Å². The summed E-state index contributed by atoms with van der Waals surface area (Å²) in [7, 11) is 0. The van der Waals surface area contributed by atoms with Crippen molar-refractivity contribution >= 4 is 17.7 Å². The molecule has 0 rings (SSSR count). The predicted molar refractivity (Wildman–Crippen MR) is 63.4 cm³/mol. The minimum absolute atomic E-state index is 0.0275. The zero-order chi connectivity index (χ0) is 11.1. The highest BCUT2D eigenvalue weighted by Gasteiger charge is 2.16. The van der Waals surface area contributed by atoms with Crippen LogP contribution in [0, 0.1) is 5.92 Å². The monoisotopic (exact) mass is 218 g/mol. The zero-order valence-corrected chi connectivity index (χ0v) is 10.4. The number of carbonyl (C=O) groups is 1. The van der Waals surface area contributed by atoms with E-state index in [0.717, 1.165) is 12.2 Å². The van der Waals surface area contributed by atoms with Crippen LogP contribution in [0.1, 0.15) is 27.2 Å². The Morgan fingerprint density at radius 3 is 2.43 bits per heavy atom. The van der Waals surface area contributed by atoms with Crippen LogP contribution < -0.4 is 11.1 Å². The summed E-state index contributed by atoms with van der Waals surface area (Å²) in [5, 5.41) is 2.90. The molecule has 1 unspecified atom stereocenters. The van der Waals surface area contributed by atoms with Crippen LogP contribution in [0.5, 0.6) is 0 Å². The number of hydrogen-bond acceptors (Lipinski definition) is 3. The van der Waals surface area contributed by atoms with Gasteiger partial charge in [-0.15, -0.1) is 0 Å². The topological polar surface area (TPSA) is 55.1 Å². The van der Waals surface area contributed by atoms with E-state index in [-0.39, 0.29) is 18.0 Å². The number of hydrogen-bond donors (Lipinski definition) is 2. The van der Waals surface area contributed by atoms with Gasteiger partial charge in [-0.25, -0.2) is 0 Å². The maximum Gasteiger partial charge on any atom is 0.237 e. The first-order chi connectivity index (χ1) is 6.47. The summed E-state index contributed by atoms with van der Waals surface area (Å²) in [4.78, 5) is 11.5. The van der Waals surface area contributed by atoms with Crippen molar-refractivity contribution < 1.29 is 4.79 Å². The van der Waals surface area contributed by atoms with Gasteiger partial charge in [-0.1, -0.05) is 13.8 Å². The number of rotatable bonds is 6. The van der Waals surface area contributed by atoms with Crippen molar-refractivity contribution in [1.82, 2.24) is 5.32 Å². The molecule has 14 heavy (non-hydrogen) atoms. The molecule has 0 aliphatic heterocycles. The lowest BCUT2D eigenvalue weighted by Crippen LogP contribution is -2.45. The lowest BCUT2D eigenvalue weighted by molar-refractivity contribution is -0.123. The van der Waals surface area contributed by atoms with Crippen LogP contribution in [-0.4, -0.2) is 30.0 Å². The molecule has 0 spiro atoms. The van der Waals surface area contributed by atoms with E-state index in [4.69, 9.17) is 5.73 Å². The van der Waals surface area contributed by atoms with Gasteiger partial charge in [-0.2, -0.15) is 11.8 Å². The summed E-state index contributed by atoms with van der Waals surface area (Å²) in [5.41, 5.74) is 5.74. The van der Waals surface area contributed by atoms with Crippen LogP contribution >= 0.6 is 11.8 Å². The van der Waals surface area contributed by atoms with Gasteiger partial charge in [0.15, 0.2) is 0 Å². The Hall–Kier alpha value is -0.220. The van der Waals surface area contributed by atoms with Gasteiger partial charge in [-0.3, -0.25) is 4.79 Å². The summed E-state index contributed by atoms with van der Waals surface area (Å²) in [6, 6.07) is -0.157. The summed E-state index contributed by atoms with van der Waals surface area (Å²) >= 11 is 1.72. The highest BCUT2D eigenvalue weighted by molar-refractivity contribution is 7.98. The van der Waals surface area contributed by atoms with Crippen LogP contribution in [-0.2, 0) is 4.79 Å². The average molecular weight is 218 g/mol. The van der Waals surface area contributed by atoms with Gasteiger partial charge in [0.1, 0.15) is 0 Å². The highest BCUT2D eigenvalue weighted by atomic mass is 32.2. The van der Waals surface area contributed by atoms with E-state index in [1.54, 1.807) is 11.8 Å². The van der Waals surface area contributed by atoms with Gasteiger partial charge in [0.2, 0.25) is 5.91 Å². The third-order valence-electron chi connectivity index (χ3n) is 1.87. The van der Waals surface area contributed by atoms with Crippen molar-refractivity contribution in [2.45, 2.75) is 39.3 Å². The van der Waals surface area contributed by atoms with Crippen molar-refractivity contribution in [1.29, 1.82) is 0 Å². The molecule has 84 valence electrons. The van der Waals surface area contributed by atoms with Gasteiger partial charge in [0.25, 0.3) is 0 Å². The third kappa shape index (κ3) is 6.27. The Morgan fingerprint density at radius 1 is 1.43 bits per heavy atom. The van der Waals surface area contributed by atoms with Gasteiger partial charge >= 0.3 is 0 Å². The standard InChI is InChI=1S/C10H22N2OS/c1-7(2)5-9(11)10(13)12-8(3)6-14-4/h7-9H,5-6,11H2,1-4H3,(H,12,13)/t8?,9-/m0/s1. The second-order valence-corrected chi connectivity index (χ2v) is 5.01. The van der Waals surface area contributed by atoms with E-state index >= 15 is 0 Å². The Kier molecular flexibility index (Phi) is 7.01. The molecule has 0 aliphatic carbocycles. The maximum absolute atomic E-state index is 11.5. The molecule has 0 fully saturated rings. The normalized spacial score (nSPS) is 15.3. The van der Waals surface area contributed by atoms with E-state index in [0.29, 0.717) is 5.92 Å². The molecule has 0 aliphatic rings. The molecule has 3 nitrogen and oxygen atoms in total. The molecule has 0 heterocycles. The Morgan fingerprint density at radius 2 is 2.00 bits per heavy atom. The average Bonchev–Trinajstić information content (AvgIpc) is 2.02. The predicted octanol–water partition coefficient (Wildman–Crippen LogP) is 1.23. The fraction of sp³-hybridized carbons (Fsp3) is 0.900. The number of carbonyl (C=O) groups excluding carboxylic acids is 1. The first kappa shape index (κ1) is 13.8. The lowest BCUT2D eigenvalue weighted by atomic mass is 10.0. The molecule has 0 saturated heterocycles. The van der Waals surface area contributed by atoms with Gasteiger partial charge in [-0.05, 0) is 25.5 Å². The SMILES string of the molecule is CSCC(C)NC(=O)[C@@H](N)CC(C)C. The summed E-state index contributed by atoms with van der Waals surface area (Å²) in [6.45, 7) is 6.13. The molecule has 0 saturated carbocycles. The summed E-state index contributed by atoms with van der Waals surface area (Å²) in [5.74, 6) is 1.37. The molecule has 0 bridgehead atoms. The molecular weight excluding hydrogens is 196 g/mol. The number of nitrogens with two attached hydrogens (primary N) is 1. The molecule has 0 aromatic rings. The molecule has 4 heteroatoms. The van der Waals surface area contributed by atoms with E-state index in [2.05, 4.69) is 19.2 Å². The number of thioether (sulfide) groups is 1. The van der Waals surface area contributed by atoms with Crippen molar-refractivity contribution in [2.75, 3.05) is 12.0 Å².